The maximum Gasteiger partial charge on any atom is 0.427 e. The fourth-order valence-electron chi connectivity index (χ4n) is 1.92. The Morgan fingerprint density at radius 1 is 0.933 bits per heavy atom. The first-order valence-electron chi connectivity index (χ1n) is 4.23. The lowest BCUT2D eigenvalue weighted by atomic mass is 9.73. The minimum Gasteiger partial charge on any atom is -0.358 e. The largest absolute Gasteiger partial charge is 0.427 e. The minimum absolute atomic E-state index is 0.272. The van der Waals surface area contributed by atoms with Gasteiger partial charge in [-0.2, -0.15) is 26.3 Å². The molecule has 7 heteroatoms. The second-order valence-corrected chi connectivity index (χ2v) is 4.16. The van der Waals surface area contributed by atoms with E-state index in [9.17, 15) is 26.3 Å². The van der Waals surface area contributed by atoms with Gasteiger partial charge < -0.3 is 4.74 Å². The van der Waals surface area contributed by atoms with Crippen molar-refractivity contribution in [3.63, 3.8) is 0 Å². The smallest absolute Gasteiger partial charge is 0.358 e. The molecule has 1 saturated heterocycles. The quantitative estimate of drug-likeness (QED) is 0.586. The zero-order chi connectivity index (χ0) is 12.1. The zero-order valence-electron chi connectivity index (χ0n) is 8.09. The highest BCUT2D eigenvalue weighted by molar-refractivity contribution is 5.09. The number of rotatable bonds is 0. The molecule has 1 fully saturated rings. The van der Waals surface area contributed by atoms with Gasteiger partial charge in [0.25, 0.3) is 5.60 Å². The molecule has 0 N–H and O–H groups in total. The van der Waals surface area contributed by atoms with Crippen LogP contribution in [0, 0.1) is 5.41 Å². The predicted octanol–water partition coefficient (Wildman–Crippen LogP) is 3.30. The van der Waals surface area contributed by atoms with Crippen LogP contribution in [0.15, 0.2) is 0 Å². The standard InChI is InChI=1S/C8H10F6O/c1-5(2)3-4-15-6(5,7(9,10)11)8(12,13)14/h3-4H2,1-2H3. The maximum absolute atomic E-state index is 12.6. The van der Waals surface area contributed by atoms with Crippen LogP contribution >= 0.6 is 0 Å². The number of alkyl halides is 6. The van der Waals surface area contributed by atoms with Crippen molar-refractivity contribution in [2.45, 2.75) is 38.2 Å². The molecule has 0 unspecified atom stereocenters. The van der Waals surface area contributed by atoms with Crippen LogP contribution in [0.5, 0.6) is 0 Å². The molecule has 0 atom stereocenters. The number of hydrogen-bond acceptors (Lipinski definition) is 1. The van der Waals surface area contributed by atoms with Crippen molar-refractivity contribution in [1.29, 1.82) is 0 Å². The van der Waals surface area contributed by atoms with Gasteiger partial charge in [0.05, 0.1) is 0 Å². The van der Waals surface area contributed by atoms with E-state index >= 15 is 0 Å². The van der Waals surface area contributed by atoms with E-state index in [0.29, 0.717) is 0 Å². The molecular weight excluding hydrogens is 226 g/mol. The topological polar surface area (TPSA) is 9.23 Å². The molecule has 1 rings (SSSR count). The van der Waals surface area contributed by atoms with Crippen molar-refractivity contribution in [2.24, 2.45) is 5.41 Å². The Morgan fingerprint density at radius 2 is 1.33 bits per heavy atom. The lowest BCUT2D eigenvalue weighted by molar-refractivity contribution is -0.391. The van der Waals surface area contributed by atoms with Gasteiger partial charge in [-0.3, -0.25) is 0 Å². The third-order valence-electron chi connectivity index (χ3n) is 2.80. The second kappa shape index (κ2) is 3.02. The van der Waals surface area contributed by atoms with Crippen LogP contribution < -0.4 is 0 Å². The van der Waals surface area contributed by atoms with Crippen molar-refractivity contribution < 1.29 is 31.1 Å². The van der Waals surface area contributed by atoms with E-state index < -0.39 is 30.0 Å². The lowest BCUT2D eigenvalue weighted by Gasteiger charge is -2.41. The Hall–Kier alpha value is -0.460. The summed E-state index contributed by atoms with van der Waals surface area (Å²) in [5.41, 5.74) is -6.03. The molecule has 0 radical (unpaired) electrons. The number of hydrogen-bond donors (Lipinski definition) is 0. The van der Waals surface area contributed by atoms with Crippen molar-refractivity contribution >= 4 is 0 Å². The normalized spacial score (nSPS) is 25.6. The first-order chi connectivity index (χ1) is 6.46. The Bertz CT molecular complexity index is 237. The van der Waals surface area contributed by atoms with Gasteiger partial charge >= 0.3 is 12.4 Å². The van der Waals surface area contributed by atoms with Gasteiger partial charge in [0.2, 0.25) is 0 Å². The van der Waals surface area contributed by atoms with Gasteiger partial charge in [-0.1, -0.05) is 13.8 Å². The molecule has 1 heterocycles. The summed E-state index contributed by atoms with van der Waals surface area (Å²) < 4.78 is 79.4. The molecule has 0 saturated carbocycles. The van der Waals surface area contributed by atoms with Crippen molar-refractivity contribution in [3.05, 3.63) is 0 Å². The molecule has 0 bridgehead atoms. The second-order valence-electron chi connectivity index (χ2n) is 4.16. The molecular formula is C8H10F6O. The van der Waals surface area contributed by atoms with Crippen molar-refractivity contribution in [1.82, 2.24) is 0 Å². The molecule has 1 aliphatic rings. The van der Waals surface area contributed by atoms with E-state index in [1.54, 1.807) is 0 Å². The van der Waals surface area contributed by atoms with Gasteiger partial charge in [-0.15, -0.1) is 0 Å². The maximum atomic E-state index is 12.6. The highest BCUT2D eigenvalue weighted by atomic mass is 19.4. The monoisotopic (exact) mass is 236 g/mol. The van der Waals surface area contributed by atoms with Gasteiger partial charge in [0.15, 0.2) is 0 Å². The van der Waals surface area contributed by atoms with E-state index in [0.717, 1.165) is 13.8 Å². The lowest BCUT2D eigenvalue weighted by Crippen LogP contribution is -2.63. The third kappa shape index (κ3) is 1.51. The summed E-state index contributed by atoms with van der Waals surface area (Å²) in [5.74, 6) is 0. The summed E-state index contributed by atoms with van der Waals surface area (Å²) in [6, 6.07) is 0. The van der Waals surface area contributed by atoms with E-state index in [-0.39, 0.29) is 6.42 Å². The molecule has 0 spiro atoms. The summed E-state index contributed by atoms with van der Waals surface area (Å²) >= 11 is 0. The summed E-state index contributed by atoms with van der Waals surface area (Å²) in [6.07, 6.45) is -11.2. The van der Waals surface area contributed by atoms with Gasteiger partial charge in [-0.25, -0.2) is 0 Å². The fourth-order valence-corrected chi connectivity index (χ4v) is 1.92. The van der Waals surface area contributed by atoms with Gasteiger partial charge in [0.1, 0.15) is 0 Å². The Morgan fingerprint density at radius 3 is 1.47 bits per heavy atom. The molecule has 0 aromatic rings. The van der Waals surface area contributed by atoms with E-state index in [4.69, 9.17) is 0 Å². The van der Waals surface area contributed by atoms with E-state index in [2.05, 4.69) is 4.74 Å². The molecule has 1 aliphatic heterocycles. The fraction of sp³-hybridized carbons (Fsp3) is 1.00. The molecule has 0 aliphatic carbocycles. The van der Waals surface area contributed by atoms with E-state index in [1.807, 2.05) is 0 Å². The van der Waals surface area contributed by atoms with E-state index in [1.165, 1.54) is 0 Å². The van der Waals surface area contributed by atoms with Crippen molar-refractivity contribution in [3.8, 4) is 0 Å². The van der Waals surface area contributed by atoms with Crippen LogP contribution in [0.3, 0.4) is 0 Å². The molecule has 0 aromatic carbocycles. The first-order valence-corrected chi connectivity index (χ1v) is 4.23. The van der Waals surface area contributed by atoms with Crippen LogP contribution in [0.4, 0.5) is 26.3 Å². The molecule has 0 aromatic heterocycles. The predicted molar refractivity (Wildman–Crippen MR) is 39.2 cm³/mol. The molecule has 15 heavy (non-hydrogen) atoms. The number of halogens is 6. The average Bonchev–Trinajstić information content (AvgIpc) is 2.21. The first kappa shape index (κ1) is 12.6. The summed E-state index contributed by atoms with van der Waals surface area (Å²) in [4.78, 5) is 0. The van der Waals surface area contributed by atoms with Gasteiger partial charge in [-0.05, 0) is 6.42 Å². The molecule has 0 amide bonds. The number of ether oxygens (including phenoxy) is 1. The summed E-state index contributed by atoms with van der Waals surface area (Å²) in [6.45, 7) is 1.30. The van der Waals surface area contributed by atoms with Crippen molar-refractivity contribution in [2.75, 3.05) is 6.61 Å². The third-order valence-corrected chi connectivity index (χ3v) is 2.80. The van der Waals surface area contributed by atoms with Crippen LogP contribution in [0.2, 0.25) is 0 Å². The van der Waals surface area contributed by atoms with Crippen LogP contribution in [0.25, 0.3) is 0 Å². The Balaban J connectivity index is 3.33. The minimum atomic E-state index is -5.45. The summed E-state index contributed by atoms with van der Waals surface area (Å²) in [7, 11) is 0. The van der Waals surface area contributed by atoms with Gasteiger partial charge in [0, 0.05) is 12.0 Å². The highest BCUT2D eigenvalue weighted by Gasteiger charge is 2.80. The highest BCUT2D eigenvalue weighted by Crippen LogP contribution is 2.59. The zero-order valence-corrected chi connectivity index (χ0v) is 8.09. The summed E-state index contributed by atoms with van der Waals surface area (Å²) in [5, 5.41) is 0. The Kier molecular flexibility index (Phi) is 2.54. The van der Waals surface area contributed by atoms with Crippen LogP contribution in [0.1, 0.15) is 20.3 Å². The van der Waals surface area contributed by atoms with Crippen LogP contribution in [-0.4, -0.2) is 24.6 Å². The van der Waals surface area contributed by atoms with Crippen LogP contribution in [-0.2, 0) is 4.74 Å². The Labute approximate surface area is 82.4 Å². The average molecular weight is 236 g/mol. The molecule has 90 valence electrons. The SMILES string of the molecule is CC1(C)CCOC1(C(F)(F)F)C(F)(F)F. The molecule has 1 nitrogen and oxygen atoms in total.